The molecule has 0 aromatic rings. The molecule has 0 spiro atoms. The maximum atomic E-state index is 13.2. The summed E-state index contributed by atoms with van der Waals surface area (Å²) in [4.78, 5) is 11.8. The molecule has 104 valence electrons. The predicted molar refractivity (Wildman–Crippen MR) is 65.2 cm³/mol. The average molecular weight is 260 g/mol. The number of alkyl halides is 2. The summed E-state index contributed by atoms with van der Waals surface area (Å²) in [5, 5.41) is 2.82. The third kappa shape index (κ3) is 3.64. The second kappa shape index (κ2) is 5.51. The van der Waals surface area contributed by atoms with Crippen molar-refractivity contribution in [2.75, 3.05) is 6.54 Å². The topological polar surface area (TPSA) is 55.1 Å². The van der Waals surface area contributed by atoms with Gasteiger partial charge in [0.1, 0.15) is 0 Å². The number of rotatable bonds is 3. The summed E-state index contributed by atoms with van der Waals surface area (Å²) in [5.41, 5.74) is 5.80. The standard InChI is InChI=1S/C13H22F2N2O/c14-13(15)5-1-2-10(7-13)12(18)17-8-9-3-4-11(16)6-9/h9-11H,1-8,16H2,(H,17,18). The molecule has 0 aromatic carbocycles. The van der Waals surface area contributed by atoms with Crippen molar-refractivity contribution < 1.29 is 13.6 Å². The third-order valence-corrected chi connectivity index (χ3v) is 4.16. The number of carbonyl (C=O) groups excluding carboxylic acids is 1. The zero-order chi connectivity index (χ0) is 13.2. The van der Waals surface area contributed by atoms with Gasteiger partial charge in [0.05, 0.1) is 0 Å². The first kappa shape index (κ1) is 13.7. The Bertz CT molecular complexity index is 309. The molecule has 0 radical (unpaired) electrons. The van der Waals surface area contributed by atoms with Crippen LogP contribution in [0, 0.1) is 11.8 Å². The van der Waals surface area contributed by atoms with Gasteiger partial charge in [-0.3, -0.25) is 4.79 Å². The van der Waals surface area contributed by atoms with E-state index in [0.29, 0.717) is 25.3 Å². The van der Waals surface area contributed by atoms with Crippen LogP contribution in [0.4, 0.5) is 8.78 Å². The Morgan fingerprint density at radius 1 is 1.33 bits per heavy atom. The van der Waals surface area contributed by atoms with Crippen molar-refractivity contribution in [3.8, 4) is 0 Å². The van der Waals surface area contributed by atoms with Crippen molar-refractivity contribution in [3.05, 3.63) is 0 Å². The molecule has 0 heterocycles. The monoisotopic (exact) mass is 260 g/mol. The van der Waals surface area contributed by atoms with Crippen LogP contribution in [-0.4, -0.2) is 24.4 Å². The van der Waals surface area contributed by atoms with E-state index in [2.05, 4.69) is 5.32 Å². The molecule has 2 rings (SSSR count). The molecule has 5 heteroatoms. The molecule has 2 saturated carbocycles. The van der Waals surface area contributed by atoms with Gasteiger partial charge in [0.2, 0.25) is 11.8 Å². The highest BCUT2D eigenvalue weighted by molar-refractivity contribution is 5.78. The third-order valence-electron chi connectivity index (χ3n) is 4.16. The summed E-state index contributed by atoms with van der Waals surface area (Å²) in [6.45, 7) is 0.592. The molecule has 18 heavy (non-hydrogen) atoms. The van der Waals surface area contributed by atoms with Crippen molar-refractivity contribution in [1.82, 2.24) is 5.32 Å². The second-order valence-electron chi connectivity index (χ2n) is 5.83. The number of nitrogens with one attached hydrogen (secondary N) is 1. The van der Waals surface area contributed by atoms with Crippen molar-refractivity contribution in [2.24, 2.45) is 17.6 Å². The van der Waals surface area contributed by atoms with Gasteiger partial charge in [0.25, 0.3) is 0 Å². The number of hydrogen-bond acceptors (Lipinski definition) is 2. The van der Waals surface area contributed by atoms with Gasteiger partial charge < -0.3 is 11.1 Å². The van der Waals surface area contributed by atoms with Crippen LogP contribution in [0.3, 0.4) is 0 Å². The number of amides is 1. The Hall–Kier alpha value is -0.710. The SMILES string of the molecule is NC1CCC(CNC(=O)C2CCCC(F)(F)C2)C1. The first-order valence-electron chi connectivity index (χ1n) is 6.87. The van der Waals surface area contributed by atoms with Gasteiger partial charge in [-0.05, 0) is 38.0 Å². The Labute approximate surface area is 106 Å². The highest BCUT2D eigenvalue weighted by atomic mass is 19.3. The van der Waals surface area contributed by atoms with Gasteiger partial charge in [0, 0.05) is 31.3 Å². The minimum absolute atomic E-state index is 0.0751. The average Bonchev–Trinajstić information content (AvgIpc) is 2.70. The van der Waals surface area contributed by atoms with E-state index >= 15 is 0 Å². The molecule has 2 aliphatic carbocycles. The summed E-state index contributed by atoms with van der Waals surface area (Å²) in [6.07, 6.45) is 3.63. The highest BCUT2D eigenvalue weighted by Gasteiger charge is 2.39. The first-order chi connectivity index (χ1) is 8.46. The summed E-state index contributed by atoms with van der Waals surface area (Å²) < 4.78 is 26.4. The van der Waals surface area contributed by atoms with Crippen molar-refractivity contribution in [3.63, 3.8) is 0 Å². The van der Waals surface area contributed by atoms with Crippen LogP contribution in [0.15, 0.2) is 0 Å². The molecule has 2 aliphatic rings. The second-order valence-corrected chi connectivity index (χ2v) is 5.83. The fraction of sp³-hybridized carbons (Fsp3) is 0.923. The summed E-state index contributed by atoms with van der Waals surface area (Å²) in [5.74, 6) is -2.94. The van der Waals surface area contributed by atoms with E-state index in [0.717, 1.165) is 19.3 Å². The lowest BCUT2D eigenvalue weighted by molar-refractivity contribution is -0.132. The van der Waals surface area contributed by atoms with E-state index in [1.54, 1.807) is 0 Å². The van der Waals surface area contributed by atoms with Gasteiger partial charge >= 0.3 is 0 Å². The van der Waals surface area contributed by atoms with Gasteiger partial charge in [-0.1, -0.05) is 0 Å². The zero-order valence-corrected chi connectivity index (χ0v) is 10.6. The lowest BCUT2D eigenvalue weighted by Gasteiger charge is -2.28. The van der Waals surface area contributed by atoms with Gasteiger partial charge in [-0.25, -0.2) is 8.78 Å². The number of carbonyl (C=O) groups is 1. The molecule has 0 aliphatic heterocycles. The molecule has 3 nitrogen and oxygen atoms in total. The van der Waals surface area contributed by atoms with E-state index in [9.17, 15) is 13.6 Å². The van der Waals surface area contributed by atoms with Crippen molar-refractivity contribution in [1.29, 1.82) is 0 Å². The van der Waals surface area contributed by atoms with Crippen LogP contribution in [-0.2, 0) is 4.79 Å². The predicted octanol–water partition coefficient (Wildman–Crippen LogP) is 2.06. The minimum atomic E-state index is -2.66. The maximum Gasteiger partial charge on any atom is 0.248 e. The maximum absolute atomic E-state index is 13.2. The number of halogens is 2. The Morgan fingerprint density at radius 3 is 2.72 bits per heavy atom. The molecule has 0 saturated heterocycles. The normalized spacial score (nSPS) is 35.4. The molecule has 2 fully saturated rings. The fourth-order valence-electron chi connectivity index (χ4n) is 3.08. The largest absolute Gasteiger partial charge is 0.356 e. The first-order valence-corrected chi connectivity index (χ1v) is 6.87. The molecule has 3 N–H and O–H groups in total. The summed E-state index contributed by atoms with van der Waals surface area (Å²) in [6, 6.07) is 0.242. The summed E-state index contributed by atoms with van der Waals surface area (Å²) >= 11 is 0. The highest BCUT2D eigenvalue weighted by Crippen LogP contribution is 2.36. The molecule has 0 aromatic heterocycles. The molecular formula is C13H22F2N2O. The Balaban J connectivity index is 1.74. The molecule has 3 unspecified atom stereocenters. The summed E-state index contributed by atoms with van der Waals surface area (Å²) in [7, 11) is 0. The lowest BCUT2D eigenvalue weighted by atomic mass is 9.86. The molecule has 0 bridgehead atoms. The van der Waals surface area contributed by atoms with E-state index in [1.165, 1.54) is 0 Å². The van der Waals surface area contributed by atoms with Crippen LogP contribution in [0.5, 0.6) is 0 Å². The van der Waals surface area contributed by atoms with Crippen molar-refractivity contribution >= 4 is 5.91 Å². The lowest BCUT2D eigenvalue weighted by Crippen LogP contribution is -2.39. The van der Waals surface area contributed by atoms with E-state index in [1.807, 2.05) is 0 Å². The quantitative estimate of drug-likeness (QED) is 0.816. The number of nitrogens with two attached hydrogens (primary N) is 1. The van der Waals surface area contributed by atoms with Crippen LogP contribution in [0.2, 0.25) is 0 Å². The minimum Gasteiger partial charge on any atom is -0.356 e. The van der Waals surface area contributed by atoms with Crippen LogP contribution < -0.4 is 11.1 Å². The Morgan fingerprint density at radius 2 is 2.11 bits per heavy atom. The van der Waals surface area contributed by atoms with E-state index in [-0.39, 0.29) is 24.8 Å². The van der Waals surface area contributed by atoms with E-state index < -0.39 is 11.8 Å². The smallest absolute Gasteiger partial charge is 0.248 e. The van der Waals surface area contributed by atoms with E-state index in [4.69, 9.17) is 5.73 Å². The van der Waals surface area contributed by atoms with Gasteiger partial charge in [0.15, 0.2) is 0 Å². The number of hydrogen-bond donors (Lipinski definition) is 2. The molecule has 1 amide bonds. The van der Waals surface area contributed by atoms with Crippen LogP contribution >= 0.6 is 0 Å². The van der Waals surface area contributed by atoms with Gasteiger partial charge in [-0.2, -0.15) is 0 Å². The fourth-order valence-corrected chi connectivity index (χ4v) is 3.08. The van der Waals surface area contributed by atoms with Crippen molar-refractivity contribution in [2.45, 2.75) is 56.9 Å². The molecular weight excluding hydrogens is 238 g/mol. The van der Waals surface area contributed by atoms with Crippen LogP contribution in [0.25, 0.3) is 0 Å². The Kier molecular flexibility index (Phi) is 4.20. The zero-order valence-electron chi connectivity index (χ0n) is 10.6. The van der Waals surface area contributed by atoms with Gasteiger partial charge in [-0.15, -0.1) is 0 Å². The van der Waals surface area contributed by atoms with Crippen LogP contribution in [0.1, 0.15) is 44.9 Å². The molecule has 3 atom stereocenters.